The highest BCUT2D eigenvalue weighted by Crippen LogP contribution is 1.99. The Balaban J connectivity index is -0.000000159. The van der Waals surface area contributed by atoms with E-state index in [0.717, 1.165) is 17.4 Å². The van der Waals surface area contributed by atoms with E-state index in [9.17, 15) is 14.4 Å². The highest BCUT2D eigenvalue weighted by Gasteiger charge is 2.09. The maximum absolute atomic E-state index is 10.9. The van der Waals surface area contributed by atoms with Gasteiger partial charge in [-0.1, -0.05) is 40.0 Å². The van der Waals surface area contributed by atoms with Crippen LogP contribution in [-0.4, -0.2) is 66.9 Å². The van der Waals surface area contributed by atoms with Gasteiger partial charge in [0, 0.05) is 16.7 Å². The quantitative estimate of drug-likeness (QED) is 0.334. The largest absolute Gasteiger partial charge is 0.478 e. The van der Waals surface area contributed by atoms with Gasteiger partial charge in [0.2, 0.25) is 0 Å². The summed E-state index contributed by atoms with van der Waals surface area (Å²) in [7, 11) is 6.15. The molecule has 0 atom stereocenters. The summed E-state index contributed by atoms with van der Waals surface area (Å²) in [5.74, 6) is -2.09. The molecule has 0 radical (unpaired) electrons. The predicted molar refractivity (Wildman–Crippen MR) is 115 cm³/mol. The summed E-state index contributed by atoms with van der Waals surface area (Å²) in [6.45, 7) is 16.7. The normalized spacial score (nSPS) is 9.21. The molecule has 0 aliphatic carbocycles. The Labute approximate surface area is 175 Å². The molecule has 0 aromatic heterocycles. The van der Waals surface area contributed by atoms with Crippen molar-refractivity contribution >= 4 is 30.3 Å². The summed E-state index contributed by atoms with van der Waals surface area (Å²) in [6, 6.07) is 0. The molecule has 7 nitrogen and oxygen atoms in total. The van der Waals surface area contributed by atoms with Crippen molar-refractivity contribution in [1.29, 1.82) is 0 Å². The highest BCUT2D eigenvalue weighted by atomic mass is 35.5. The Kier molecular flexibility index (Phi) is 21.8. The molecular weight excluding hydrogens is 386 g/mol. The Morgan fingerprint density at radius 2 is 1.36 bits per heavy atom. The van der Waals surface area contributed by atoms with Gasteiger partial charge >= 0.3 is 17.9 Å². The minimum atomic E-state index is -0.900. The molecule has 164 valence electrons. The number of ether oxygens (including phenoxy) is 1. The molecule has 0 bridgehead atoms. The molecule has 0 fully saturated rings. The highest BCUT2D eigenvalue weighted by molar-refractivity contribution is 5.87. The zero-order valence-corrected chi connectivity index (χ0v) is 18.9. The molecule has 8 heteroatoms. The number of carbonyl (C=O) groups is 3. The van der Waals surface area contributed by atoms with Crippen LogP contribution in [0.2, 0.25) is 0 Å². The van der Waals surface area contributed by atoms with Crippen molar-refractivity contribution < 1.29 is 33.8 Å². The molecule has 0 spiro atoms. The van der Waals surface area contributed by atoms with Gasteiger partial charge in [-0.05, 0) is 19.8 Å². The lowest BCUT2D eigenvalue weighted by Gasteiger charge is -2.23. The summed E-state index contributed by atoms with van der Waals surface area (Å²) >= 11 is 0. The Morgan fingerprint density at radius 3 is 1.54 bits per heavy atom. The van der Waals surface area contributed by atoms with Crippen molar-refractivity contribution in [2.75, 3.05) is 34.3 Å². The molecule has 0 aromatic carbocycles. The fourth-order valence-corrected chi connectivity index (χ4v) is 1.10. The molecule has 0 aliphatic heterocycles. The first kappa shape index (κ1) is 33.5. The van der Waals surface area contributed by atoms with Crippen LogP contribution in [0.1, 0.15) is 40.0 Å². The molecule has 0 heterocycles. The van der Waals surface area contributed by atoms with Gasteiger partial charge in [0.15, 0.2) is 0 Å². The minimum absolute atomic E-state index is 0. The van der Waals surface area contributed by atoms with Gasteiger partial charge in [0.05, 0.1) is 21.1 Å². The fraction of sp³-hybridized carbons (Fsp3) is 0.550. The van der Waals surface area contributed by atoms with E-state index in [4.69, 9.17) is 14.9 Å². The van der Waals surface area contributed by atoms with Crippen LogP contribution in [0.3, 0.4) is 0 Å². The maximum Gasteiger partial charge on any atom is 0.333 e. The van der Waals surface area contributed by atoms with Crippen molar-refractivity contribution in [2.45, 2.75) is 40.0 Å². The van der Waals surface area contributed by atoms with Crippen LogP contribution < -0.4 is 0 Å². The standard InChI is InChI=1S/C9H18NO2.C6H10O2.C5H8O2.ClH/c1-8(2)9(11)12-7-6-10(3,4)5;1-3-4-5(2)6(7)8;1-3-4(2)5(6)7;/h1,6-7H2,2-5H3;2-4H2,1H3,(H,7,8);2-3H2,1H3,(H,6,7);1H/q+1;;;. The van der Waals surface area contributed by atoms with Crippen LogP contribution in [0, 0.1) is 0 Å². The molecule has 0 aliphatic rings. The van der Waals surface area contributed by atoms with Crippen molar-refractivity contribution in [2.24, 2.45) is 0 Å². The van der Waals surface area contributed by atoms with E-state index in [1.54, 1.807) is 13.8 Å². The summed E-state index contributed by atoms with van der Waals surface area (Å²) in [4.78, 5) is 30.7. The second-order valence-corrected chi connectivity index (χ2v) is 6.85. The van der Waals surface area contributed by atoms with E-state index in [1.165, 1.54) is 0 Å². The van der Waals surface area contributed by atoms with E-state index in [1.807, 2.05) is 6.92 Å². The van der Waals surface area contributed by atoms with E-state index in [2.05, 4.69) is 40.9 Å². The lowest BCUT2D eigenvalue weighted by molar-refractivity contribution is -0.870. The summed E-state index contributed by atoms with van der Waals surface area (Å²) in [5, 5.41) is 16.3. The van der Waals surface area contributed by atoms with Crippen LogP contribution >= 0.6 is 12.4 Å². The number of carboxylic acid groups (broad SMARTS) is 2. The lowest BCUT2D eigenvalue weighted by Crippen LogP contribution is -2.38. The average Bonchev–Trinajstić information content (AvgIpc) is 2.53. The number of carbonyl (C=O) groups excluding carboxylic acids is 1. The van der Waals surface area contributed by atoms with E-state index >= 15 is 0 Å². The Bertz CT molecular complexity index is 535. The molecule has 2 N–H and O–H groups in total. The first-order chi connectivity index (χ1) is 12.2. The number of carboxylic acids is 2. The van der Waals surface area contributed by atoms with Crippen LogP contribution in [0.15, 0.2) is 36.5 Å². The summed E-state index contributed by atoms with van der Waals surface area (Å²) < 4.78 is 5.72. The lowest BCUT2D eigenvalue weighted by atomic mass is 10.2. The molecule has 0 saturated heterocycles. The van der Waals surface area contributed by atoms with Crippen LogP contribution in [0.5, 0.6) is 0 Å². The maximum atomic E-state index is 10.9. The second kappa shape index (κ2) is 18.3. The van der Waals surface area contributed by atoms with E-state index in [-0.39, 0.29) is 23.9 Å². The molecule has 28 heavy (non-hydrogen) atoms. The number of nitrogens with zero attached hydrogens (tertiary/aromatic N) is 1. The SMILES string of the molecule is C=C(C)C(=O)OCC[N+](C)(C)C.C=C(CC)C(=O)O.C=C(CCC)C(=O)O.Cl. The Morgan fingerprint density at radius 1 is 0.929 bits per heavy atom. The van der Waals surface area contributed by atoms with Gasteiger partial charge in [0.1, 0.15) is 13.2 Å². The number of likely N-dealkylation sites (N-methyl/N-ethyl adjacent to an activating group) is 1. The van der Waals surface area contributed by atoms with Crippen molar-refractivity contribution in [3.63, 3.8) is 0 Å². The Hall–Kier alpha value is -2.12. The molecule has 0 saturated carbocycles. The van der Waals surface area contributed by atoms with E-state index in [0.29, 0.717) is 30.6 Å². The van der Waals surface area contributed by atoms with Crippen LogP contribution in [-0.2, 0) is 19.1 Å². The third-order valence-electron chi connectivity index (χ3n) is 2.93. The third-order valence-corrected chi connectivity index (χ3v) is 2.93. The van der Waals surface area contributed by atoms with Crippen molar-refractivity contribution in [3.8, 4) is 0 Å². The molecular formula is C20H37ClNO6+. The first-order valence-electron chi connectivity index (χ1n) is 8.64. The third kappa shape index (κ3) is 26.1. The predicted octanol–water partition coefficient (Wildman–Crippen LogP) is 3.70. The molecule has 0 rings (SSSR count). The van der Waals surface area contributed by atoms with E-state index < -0.39 is 11.9 Å². The summed E-state index contributed by atoms with van der Waals surface area (Å²) in [5.41, 5.74) is 1.02. The topological polar surface area (TPSA) is 101 Å². The number of hydrogen-bond donors (Lipinski definition) is 2. The van der Waals surface area contributed by atoms with Gasteiger partial charge in [-0.3, -0.25) is 0 Å². The van der Waals surface area contributed by atoms with Crippen molar-refractivity contribution in [1.82, 2.24) is 0 Å². The first-order valence-corrected chi connectivity index (χ1v) is 8.64. The number of esters is 1. The van der Waals surface area contributed by atoms with Crippen LogP contribution in [0.4, 0.5) is 0 Å². The zero-order valence-electron chi connectivity index (χ0n) is 18.0. The number of aliphatic carboxylic acids is 2. The minimum Gasteiger partial charge on any atom is -0.478 e. The second-order valence-electron chi connectivity index (χ2n) is 6.85. The monoisotopic (exact) mass is 422 g/mol. The summed E-state index contributed by atoms with van der Waals surface area (Å²) in [6.07, 6.45) is 1.97. The molecule has 0 unspecified atom stereocenters. The van der Waals surface area contributed by atoms with Crippen LogP contribution in [0.25, 0.3) is 0 Å². The van der Waals surface area contributed by atoms with Gasteiger partial charge in [-0.2, -0.15) is 0 Å². The number of quaternary nitrogens is 1. The van der Waals surface area contributed by atoms with Gasteiger partial charge in [-0.15, -0.1) is 12.4 Å². The number of halogens is 1. The number of rotatable bonds is 9. The number of hydrogen-bond acceptors (Lipinski definition) is 4. The molecule has 0 aromatic rings. The average molecular weight is 423 g/mol. The van der Waals surface area contributed by atoms with Crippen molar-refractivity contribution in [3.05, 3.63) is 36.5 Å². The van der Waals surface area contributed by atoms with Gasteiger partial charge in [-0.25, -0.2) is 14.4 Å². The van der Waals surface area contributed by atoms with Gasteiger partial charge in [0.25, 0.3) is 0 Å². The molecule has 0 amide bonds. The zero-order chi connectivity index (χ0) is 22.2. The smallest absolute Gasteiger partial charge is 0.333 e. The van der Waals surface area contributed by atoms with Gasteiger partial charge < -0.3 is 19.4 Å². The fourth-order valence-electron chi connectivity index (χ4n) is 1.10.